The first-order chi connectivity index (χ1) is 9.21. The summed E-state index contributed by atoms with van der Waals surface area (Å²) < 4.78 is 0. The summed E-state index contributed by atoms with van der Waals surface area (Å²) in [6.07, 6.45) is 0.744. The molecule has 19 heavy (non-hydrogen) atoms. The van der Waals surface area contributed by atoms with Gasteiger partial charge in [-0.15, -0.1) is 0 Å². The van der Waals surface area contributed by atoms with Crippen molar-refractivity contribution in [2.45, 2.75) is 24.3 Å². The molecule has 0 aliphatic heterocycles. The predicted molar refractivity (Wildman–Crippen MR) is 75.0 cm³/mol. The third kappa shape index (κ3) is 3.70. The molecule has 0 aliphatic carbocycles. The fourth-order valence-electron chi connectivity index (χ4n) is 1.56. The Labute approximate surface area is 115 Å². The number of thioether (sulfide) groups is 1. The van der Waals surface area contributed by atoms with Crippen molar-refractivity contribution in [2.24, 2.45) is 0 Å². The maximum atomic E-state index is 11.4. The minimum atomic E-state index is -0.117. The highest BCUT2D eigenvalue weighted by Crippen LogP contribution is 2.18. The van der Waals surface area contributed by atoms with Crippen LogP contribution in [0.4, 0.5) is 0 Å². The third-order valence-corrected chi connectivity index (χ3v) is 3.54. The number of aromatic amines is 1. The zero-order chi connectivity index (χ0) is 13.7. The van der Waals surface area contributed by atoms with Crippen molar-refractivity contribution in [3.8, 4) is 6.07 Å². The number of nitrogens with zero attached hydrogens (tertiary/aromatic N) is 2. The average molecular weight is 271 g/mol. The maximum Gasteiger partial charge on any atom is 0.251 e. The first kappa shape index (κ1) is 13.4. The first-order valence-electron chi connectivity index (χ1n) is 5.93. The van der Waals surface area contributed by atoms with Crippen LogP contribution in [0.3, 0.4) is 0 Å². The fraction of sp³-hybridized carbons (Fsp3) is 0.214. The Morgan fingerprint density at radius 3 is 2.74 bits per heavy atom. The van der Waals surface area contributed by atoms with Crippen LogP contribution in [0, 0.1) is 11.3 Å². The highest BCUT2D eigenvalue weighted by atomic mass is 32.2. The smallest absolute Gasteiger partial charge is 0.251 e. The number of rotatable bonds is 4. The molecular formula is C14H13N3OS. The predicted octanol–water partition coefficient (Wildman–Crippen LogP) is 2.50. The molecule has 0 radical (unpaired) electrons. The molecule has 0 saturated heterocycles. The number of hydrogen-bond acceptors (Lipinski definition) is 4. The molecule has 0 unspecified atom stereocenters. The molecule has 4 nitrogen and oxygen atoms in total. The monoisotopic (exact) mass is 271 g/mol. The number of aryl methyl sites for hydroxylation is 1. The van der Waals surface area contributed by atoms with E-state index in [9.17, 15) is 4.79 Å². The number of aromatic nitrogens is 2. The van der Waals surface area contributed by atoms with Crippen molar-refractivity contribution >= 4 is 11.8 Å². The summed E-state index contributed by atoms with van der Waals surface area (Å²) in [5, 5.41) is 9.35. The molecule has 0 bridgehead atoms. The van der Waals surface area contributed by atoms with Crippen LogP contribution in [0.2, 0.25) is 0 Å². The molecular weight excluding hydrogens is 258 g/mol. The van der Waals surface area contributed by atoms with Crippen LogP contribution in [0.1, 0.15) is 23.7 Å². The van der Waals surface area contributed by atoms with Crippen LogP contribution in [0.25, 0.3) is 0 Å². The van der Waals surface area contributed by atoms with Crippen LogP contribution >= 0.6 is 11.8 Å². The fourth-order valence-corrected chi connectivity index (χ4v) is 2.41. The van der Waals surface area contributed by atoms with E-state index in [1.54, 1.807) is 12.1 Å². The molecule has 5 heteroatoms. The van der Waals surface area contributed by atoms with Crippen LogP contribution in [0.5, 0.6) is 0 Å². The molecule has 1 aromatic carbocycles. The van der Waals surface area contributed by atoms with E-state index in [0.717, 1.165) is 17.7 Å². The zero-order valence-electron chi connectivity index (χ0n) is 10.5. The van der Waals surface area contributed by atoms with Crippen LogP contribution in [-0.2, 0) is 12.2 Å². The molecule has 1 N–H and O–H groups in total. The minimum absolute atomic E-state index is 0.117. The third-order valence-electron chi connectivity index (χ3n) is 2.59. The van der Waals surface area contributed by atoms with Crippen molar-refractivity contribution in [2.75, 3.05) is 0 Å². The van der Waals surface area contributed by atoms with Crippen LogP contribution in [0.15, 0.2) is 40.3 Å². The Morgan fingerprint density at radius 2 is 2.11 bits per heavy atom. The highest BCUT2D eigenvalue weighted by molar-refractivity contribution is 7.98. The van der Waals surface area contributed by atoms with E-state index in [4.69, 9.17) is 5.26 Å². The van der Waals surface area contributed by atoms with Crippen molar-refractivity contribution in [1.82, 2.24) is 9.97 Å². The molecule has 0 saturated carbocycles. The van der Waals surface area contributed by atoms with Crippen LogP contribution in [-0.4, -0.2) is 9.97 Å². The summed E-state index contributed by atoms with van der Waals surface area (Å²) in [7, 11) is 0. The largest absolute Gasteiger partial charge is 0.301 e. The van der Waals surface area contributed by atoms with Gasteiger partial charge in [0, 0.05) is 17.5 Å². The zero-order valence-corrected chi connectivity index (χ0v) is 11.3. The van der Waals surface area contributed by atoms with E-state index < -0.39 is 0 Å². The number of nitriles is 1. The van der Waals surface area contributed by atoms with Crippen molar-refractivity contribution in [3.63, 3.8) is 0 Å². The topological polar surface area (TPSA) is 69.5 Å². The second-order valence-electron chi connectivity index (χ2n) is 3.99. The molecule has 2 rings (SSSR count). The lowest BCUT2D eigenvalue weighted by molar-refractivity contribution is 0.868. The number of nitrogens with one attached hydrogen (secondary N) is 1. The lowest BCUT2D eigenvalue weighted by Gasteiger charge is -2.03. The van der Waals surface area contributed by atoms with E-state index in [1.165, 1.54) is 17.8 Å². The van der Waals surface area contributed by atoms with E-state index in [2.05, 4.69) is 16.0 Å². The van der Waals surface area contributed by atoms with Gasteiger partial charge in [0.15, 0.2) is 5.16 Å². The Hall–Kier alpha value is -2.06. The van der Waals surface area contributed by atoms with E-state index in [1.807, 2.05) is 19.1 Å². The Bertz CT molecular complexity index is 656. The summed E-state index contributed by atoms with van der Waals surface area (Å²) in [5.41, 5.74) is 2.42. The summed E-state index contributed by atoms with van der Waals surface area (Å²) >= 11 is 1.48. The van der Waals surface area contributed by atoms with Gasteiger partial charge < -0.3 is 4.98 Å². The van der Waals surface area contributed by atoms with Gasteiger partial charge in [-0.1, -0.05) is 30.8 Å². The lowest BCUT2D eigenvalue weighted by atomic mass is 10.2. The molecule has 96 valence electrons. The number of benzene rings is 1. The van der Waals surface area contributed by atoms with Gasteiger partial charge >= 0.3 is 0 Å². The van der Waals surface area contributed by atoms with Crippen LogP contribution < -0.4 is 5.56 Å². The van der Waals surface area contributed by atoms with E-state index in [-0.39, 0.29) is 5.56 Å². The molecule has 0 aliphatic rings. The van der Waals surface area contributed by atoms with E-state index >= 15 is 0 Å². The van der Waals surface area contributed by atoms with Crippen molar-refractivity contribution in [3.05, 3.63) is 57.5 Å². The molecule has 0 spiro atoms. The van der Waals surface area contributed by atoms with Crippen molar-refractivity contribution in [1.29, 1.82) is 5.26 Å². The molecule has 0 atom stereocenters. The second kappa shape index (κ2) is 6.21. The van der Waals surface area contributed by atoms with Gasteiger partial charge in [-0.05, 0) is 24.1 Å². The molecule has 1 heterocycles. The van der Waals surface area contributed by atoms with Gasteiger partial charge in [-0.3, -0.25) is 4.79 Å². The minimum Gasteiger partial charge on any atom is -0.301 e. The van der Waals surface area contributed by atoms with Gasteiger partial charge in [-0.2, -0.15) is 5.26 Å². The molecule has 2 aromatic rings. The summed E-state index contributed by atoms with van der Waals surface area (Å²) in [6, 6.07) is 11.0. The summed E-state index contributed by atoms with van der Waals surface area (Å²) in [5.74, 6) is 0.710. The molecule has 1 aromatic heterocycles. The Kier molecular flexibility index (Phi) is 4.37. The van der Waals surface area contributed by atoms with Gasteiger partial charge in [0.05, 0.1) is 11.6 Å². The average Bonchev–Trinajstić information content (AvgIpc) is 2.45. The van der Waals surface area contributed by atoms with Gasteiger partial charge in [0.2, 0.25) is 0 Å². The van der Waals surface area contributed by atoms with E-state index in [0.29, 0.717) is 16.5 Å². The first-order valence-corrected chi connectivity index (χ1v) is 6.92. The Morgan fingerprint density at radius 1 is 1.37 bits per heavy atom. The van der Waals surface area contributed by atoms with Gasteiger partial charge in [0.25, 0.3) is 5.56 Å². The maximum absolute atomic E-state index is 11.4. The lowest BCUT2D eigenvalue weighted by Crippen LogP contribution is -2.09. The quantitative estimate of drug-likeness (QED) is 0.685. The van der Waals surface area contributed by atoms with Gasteiger partial charge in [-0.25, -0.2) is 4.98 Å². The number of hydrogen-bond donors (Lipinski definition) is 1. The Balaban J connectivity index is 2.07. The molecule has 0 fully saturated rings. The molecule has 0 amide bonds. The SMILES string of the molecule is CCc1cc(=O)[nH]c(SCc2ccc(C#N)cc2)n1. The normalized spacial score (nSPS) is 10.1. The highest BCUT2D eigenvalue weighted by Gasteiger charge is 2.02. The standard InChI is InChI=1S/C14H13N3OS/c1-2-12-7-13(18)17-14(16-12)19-9-11-5-3-10(8-15)4-6-11/h3-7H,2,9H2,1H3,(H,16,17,18). The van der Waals surface area contributed by atoms with Gasteiger partial charge in [0.1, 0.15) is 0 Å². The number of H-pyrrole nitrogens is 1. The van der Waals surface area contributed by atoms with Crippen molar-refractivity contribution < 1.29 is 0 Å². The summed E-state index contributed by atoms with van der Waals surface area (Å²) in [4.78, 5) is 18.5. The second-order valence-corrected chi connectivity index (χ2v) is 4.96. The summed E-state index contributed by atoms with van der Waals surface area (Å²) in [6.45, 7) is 1.97.